The van der Waals surface area contributed by atoms with Crippen molar-refractivity contribution in [2.45, 2.75) is 69.5 Å². The number of benzene rings is 3. The van der Waals surface area contributed by atoms with Crippen LogP contribution >= 0.6 is 23.2 Å². The average Bonchev–Trinajstić information content (AvgIpc) is 2.97. The number of anilines is 1. The van der Waals surface area contributed by atoms with Gasteiger partial charge in [-0.05, 0) is 56.5 Å². The summed E-state index contributed by atoms with van der Waals surface area (Å²) in [5.41, 5.74) is 1.78. The molecule has 0 aliphatic heterocycles. The maximum absolute atomic E-state index is 14.1. The molecule has 1 fully saturated rings. The standard InChI is InChI=1S/C31H35Cl2N3O4S/c1-22-16-18-26(19-17-22)41(39,40)36(28-15-9-14-27(32)30(28)33)21-29(37)35(20-24-10-5-3-6-11-24)23(2)31(38)34-25-12-7-4-8-13-25/h3,5-6,9-11,14-19,23,25H,4,7-8,12-13,20-21H2,1-2H3,(H,34,38)/t23-/m1/s1. The Morgan fingerprint density at radius 3 is 2.24 bits per heavy atom. The number of hydrogen-bond acceptors (Lipinski definition) is 4. The van der Waals surface area contributed by atoms with E-state index < -0.39 is 28.5 Å². The molecule has 1 aliphatic rings. The number of sulfonamides is 1. The molecule has 1 saturated carbocycles. The summed E-state index contributed by atoms with van der Waals surface area (Å²) in [4.78, 5) is 28.9. The molecule has 0 aromatic heterocycles. The van der Waals surface area contributed by atoms with Crippen LogP contribution in [0, 0.1) is 6.92 Å². The molecule has 0 spiro atoms. The summed E-state index contributed by atoms with van der Waals surface area (Å²) in [6.07, 6.45) is 5.07. The van der Waals surface area contributed by atoms with Crippen LogP contribution in [0.4, 0.5) is 5.69 Å². The first kappa shape index (κ1) is 30.9. The molecule has 1 aliphatic carbocycles. The Morgan fingerprint density at radius 1 is 0.927 bits per heavy atom. The number of aryl methyl sites for hydroxylation is 1. The Hall–Kier alpha value is -3.07. The first-order chi connectivity index (χ1) is 19.6. The highest BCUT2D eigenvalue weighted by molar-refractivity contribution is 7.92. The lowest BCUT2D eigenvalue weighted by Gasteiger charge is -2.33. The topological polar surface area (TPSA) is 86.8 Å². The van der Waals surface area contributed by atoms with Crippen LogP contribution in [0.1, 0.15) is 50.2 Å². The van der Waals surface area contributed by atoms with E-state index >= 15 is 0 Å². The highest BCUT2D eigenvalue weighted by Crippen LogP contribution is 2.35. The van der Waals surface area contributed by atoms with Crippen LogP contribution in [0.15, 0.2) is 77.7 Å². The Balaban J connectivity index is 1.69. The van der Waals surface area contributed by atoms with Crippen molar-refractivity contribution < 1.29 is 18.0 Å². The summed E-state index contributed by atoms with van der Waals surface area (Å²) in [6.45, 7) is 3.07. The van der Waals surface area contributed by atoms with Gasteiger partial charge in [-0.25, -0.2) is 8.42 Å². The van der Waals surface area contributed by atoms with Crippen molar-refractivity contribution >= 4 is 50.7 Å². The van der Waals surface area contributed by atoms with Crippen LogP contribution in [-0.4, -0.2) is 43.8 Å². The second-order valence-corrected chi connectivity index (χ2v) is 13.1. The lowest BCUT2D eigenvalue weighted by Crippen LogP contribution is -2.53. The molecule has 218 valence electrons. The van der Waals surface area contributed by atoms with Gasteiger partial charge in [0.2, 0.25) is 11.8 Å². The summed E-state index contributed by atoms with van der Waals surface area (Å²) < 4.78 is 28.9. The monoisotopic (exact) mass is 615 g/mol. The number of carbonyl (C=O) groups is 2. The van der Waals surface area contributed by atoms with Gasteiger partial charge in [0.05, 0.1) is 20.6 Å². The second kappa shape index (κ2) is 13.7. The van der Waals surface area contributed by atoms with Gasteiger partial charge >= 0.3 is 0 Å². The Bertz CT molecular complexity index is 1460. The van der Waals surface area contributed by atoms with Gasteiger partial charge < -0.3 is 10.2 Å². The molecule has 41 heavy (non-hydrogen) atoms. The van der Waals surface area contributed by atoms with Crippen LogP contribution in [0.3, 0.4) is 0 Å². The van der Waals surface area contributed by atoms with E-state index in [1.165, 1.54) is 23.1 Å². The zero-order valence-corrected chi connectivity index (χ0v) is 25.6. The maximum atomic E-state index is 14.1. The van der Waals surface area contributed by atoms with Crippen molar-refractivity contribution in [1.29, 1.82) is 0 Å². The molecular weight excluding hydrogens is 581 g/mol. The van der Waals surface area contributed by atoms with Crippen molar-refractivity contribution in [2.24, 2.45) is 0 Å². The number of halogens is 2. The average molecular weight is 617 g/mol. The first-order valence-corrected chi connectivity index (χ1v) is 15.9. The van der Waals surface area contributed by atoms with E-state index in [9.17, 15) is 18.0 Å². The molecule has 10 heteroatoms. The molecule has 3 aromatic rings. The van der Waals surface area contributed by atoms with Crippen molar-refractivity contribution in [3.63, 3.8) is 0 Å². The Labute approximate surface area is 252 Å². The van der Waals surface area contributed by atoms with Crippen molar-refractivity contribution in [2.75, 3.05) is 10.8 Å². The number of carbonyl (C=O) groups excluding carboxylic acids is 2. The summed E-state index contributed by atoms with van der Waals surface area (Å²) in [7, 11) is -4.24. The van der Waals surface area contributed by atoms with Gasteiger partial charge in [0.1, 0.15) is 12.6 Å². The fourth-order valence-corrected chi connectivity index (χ4v) is 6.84. The van der Waals surface area contributed by atoms with Gasteiger partial charge in [0, 0.05) is 12.6 Å². The highest BCUT2D eigenvalue weighted by Gasteiger charge is 2.34. The summed E-state index contributed by atoms with van der Waals surface area (Å²) >= 11 is 12.8. The Morgan fingerprint density at radius 2 is 1.59 bits per heavy atom. The lowest BCUT2D eigenvalue weighted by atomic mass is 9.95. The summed E-state index contributed by atoms with van der Waals surface area (Å²) in [6, 6.07) is 19.5. The van der Waals surface area contributed by atoms with E-state index in [2.05, 4.69) is 5.32 Å². The third kappa shape index (κ3) is 7.61. The molecule has 7 nitrogen and oxygen atoms in total. The van der Waals surface area contributed by atoms with Gasteiger partial charge in [0.15, 0.2) is 0 Å². The van der Waals surface area contributed by atoms with Crippen LogP contribution in [0.2, 0.25) is 10.0 Å². The number of hydrogen-bond donors (Lipinski definition) is 1. The number of amides is 2. The molecule has 0 heterocycles. The van der Waals surface area contributed by atoms with E-state index in [0.29, 0.717) is 0 Å². The van der Waals surface area contributed by atoms with Gasteiger partial charge in [-0.2, -0.15) is 0 Å². The van der Waals surface area contributed by atoms with Gasteiger partial charge in [-0.15, -0.1) is 0 Å². The van der Waals surface area contributed by atoms with E-state index in [1.54, 1.807) is 31.2 Å². The molecule has 0 radical (unpaired) electrons. The Kier molecular flexibility index (Phi) is 10.3. The number of rotatable bonds is 10. The molecule has 1 atom stereocenters. The van der Waals surface area contributed by atoms with E-state index in [0.717, 1.165) is 47.5 Å². The van der Waals surface area contributed by atoms with Crippen molar-refractivity contribution in [3.05, 3.63) is 94.0 Å². The molecule has 1 N–H and O–H groups in total. The minimum Gasteiger partial charge on any atom is -0.352 e. The normalized spacial score (nSPS) is 14.7. The number of nitrogens with zero attached hydrogens (tertiary/aromatic N) is 2. The van der Waals surface area contributed by atoms with Gasteiger partial charge in [-0.3, -0.25) is 13.9 Å². The van der Waals surface area contributed by atoms with Crippen LogP contribution in [0.25, 0.3) is 0 Å². The van der Waals surface area contributed by atoms with Crippen molar-refractivity contribution in [1.82, 2.24) is 10.2 Å². The third-order valence-electron chi connectivity index (χ3n) is 7.40. The van der Waals surface area contributed by atoms with E-state index in [-0.39, 0.29) is 39.1 Å². The van der Waals surface area contributed by atoms with Crippen LogP contribution in [0.5, 0.6) is 0 Å². The minimum absolute atomic E-state index is 0.00430. The minimum atomic E-state index is -4.24. The molecule has 3 aromatic carbocycles. The predicted octanol–water partition coefficient (Wildman–Crippen LogP) is 6.36. The number of nitrogens with one attached hydrogen (secondary N) is 1. The fourth-order valence-electron chi connectivity index (χ4n) is 4.97. The van der Waals surface area contributed by atoms with E-state index in [1.807, 2.05) is 37.3 Å². The van der Waals surface area contributed by atoms with Gasteiger partial charge in [0.25, 0.3) is 10.0 Å². The lowest BCUT2D eigenvalue weighted by molar-refractivity contribution is -0.139. The fraction of sp³-hybridized carbons (Fsp3) is 0.355. The van der Waals surface area contributed by atoms with Gasteiger partial charge in [-0.1, -0.05) is 96.6 Å². The largest absolute Gasteiger partial charge is 0.352 e. The quantitative estimate of drug-likeness (QED) is 0.287. The SMILES string of the molecule is Cc1ccc(S(=O)(=O)N(CC(=O)N(Cc2ccccc2)[C@H](C)C(=O)NC2CCCCC2)c2cccc(Cl)c2Cl)cc1. The molecule has 0 saturated heterocycles. The third-order valence-corrected chi connectivity index (χ3v) is 9.99. The molecule has 0 unspecified atom stereocenters. The van der Waals surface area contributed by atoms with Crippen LogP contribution < -0.4 is 9.62 Å². The highest BCUT2D eigenvalue weighted by atomic mass is 35.5. The van der Waals surface area contributed by atoms with Crippen LogP contribution in [-0.2, 0) is 26.2 Å². The second-order valence-electron chi connectivity index (χ2n) is 10.4. The molecule has 0 bridgehead atoms. The molecule has 4 rings (SSSR count). The molecule has 2 amide bonds. The first-order valence-electron chi connectivity index (χ1n) is 13.7. The maximum Gasteiger partial charge on any atom is 0.264 e. The summed E-state index contributed by atoms with van der Waals surface area (Å²) in [5, 5.41) is 3.26. The summed E-state index contributed by atoms with van der Waals surface area (Å²) in [5.74, 6) is -0.818. The molecular formula is C31H35Cl2N3O4S. The zero-order chi connectivity index (χ0) is 29.6. The van der Waals surface area contributed by atoms with Crippen molar-refractivity contribution in [3.8, 4) is 0 Å². The smallest absolute Gasteiger partial charge is 0.264 e. The van der Waals surface area contributed by atoms with E-state index in [4.69, 9.17) is 23.2 Å². The predicted molar refractivity (Wildman–Crippen MR) is 164 cm³/mol. The zero-order valence-electron chi connectivity index (χ0n) is 23.2.